The van der Waals surface area contributed by atoms with Crippen LogP contribution >= 0.6 is 0 Å². The normalized spacial score (nSPS) is 27.4. The SMILES string of the molecule is CC(CC(=O)CCCCN1C(=O)CC[C@H]1[C@@H]1C[C@H](C)C(=O)O1)C(=O)O. The molecule has 7 nitrogen and oxygen atoms in total. The minimum absolute atomic E-state index is 0.0517. The Morgan fingerprint density at radius 1 is 1.32 bits per heavy atom. The Hall–Kier alpha value is -1.92. The van der Waals surface area contributed by atoms with Crippen molar-refractivity contribution in [2.75, 3.05) is 6.54 Å². The number of cyclic esters (lactones) is 1. The van der Waals surface area contributed by atoms with Gasteiger partial charge in [0.05, 0.1) is 17.9 Å². The fourth-order valence-electron chi connectivity index (χ4n) is 3.56. The van der Waals surface area contributed by atoms with E-state index in [9.17, 15) is 19.2 Å². The van der Waals surface area contributed by atoms with Crippen LogP contribution in [0.15, 0.2) is 0 Å². The van der Waals surface area contributed by atoms with Crippen LogP contribution in [-0.2, 0) is 23.9 Å². The lowest BCUT2D eigenvalue weighted by Gasteiger charge is -2.28. The van der Waals surface area contributed by atoms with Crippen molar-refractivity contribution in [3.8, 4) is 0 Å². The Morgan fingerprint density at radius 3 is 2.64 bits per heavy atom. The average Bonchev–Trinajstić information content (AvgIpc) is 3.06. The molecule has 0 aromatic carbocycles. The van der Waals surface area contributed by atoms with Gasteiger partial charge in [0.15, 0.2) is 0 Å². The van der Waals surface area contributed by atoms with Crippen LogP contribution in [0.25, 0.3) is 0 Å². The molecule has 25 heavy (non-hydrogen) atoms. The lowest BCUT2D eigenvalue weighted by Crippen LogP contribution is -2.41. The minimum Gasteiger partial charge on any atom is -0.481 e. The van der Waals surface area contributed by atoms with Gasteiger partial charge in [-0.15, -0.1) is 0 Å². The molecule has 1 unspecified atom stereocenters. The quantitative estimate of drug-likeness (QED) is 0.501. The highest BCUT2D eigenvalue weighted by atomic mass is 16.6. The molecule has 0 spiro atoms. The highest BCUT2D eigenvalue weighted by Gasteiger charge is 2.43. The average molecular weight is 353 g/mol. The Kier molecular flexibility index (Phi) is 6.56. The van der Waals surface area contributed by atoms with Gasteiger partial charge in [-0.05, 0) is 25.7 Å². The van der Waals surface area contributed by atoms with Gasteiger partial charge in [0.1, 0.15) is 11.9 Å². The fourth-order valence-corrected chi connectivity index (χ4v) is 3.56. The van der Waals surface area contributed by atoms with E-state index in [-0.39, 0.29) is 42.1 Å². The molecule has 7 heteroatoms. The van der Waals surface area contributed by atoms with E-state index in [1.54, 1.807) is 4.90 Å². The number of carboxylic acids is 1. The summed E-state index contributed by atoms with van der Waals surface area (Å²) in [6, 6.07) is -0.0517. The maximum atomic E-state index is 12.1. The van der Waals surface area contributed by atoms with Crippen LogP contribution in [0.5, 0.6) is 0 Å². The van der Waals surface area contributed by atoms with Crippen molar-refractivity contribution in [2.45, 2.75) is 70.9 Å². The lowest BCUT2D eigenvalue weighted by atomic mass is 10.00. The molecule has 2 aliphatic rings. The summed E-state index contributed by atoms with van der Waals surface area (Å²) in [6.45, 7) is 3.92. The van der Waals surface area contributed by atoms with E-state index < -0.39 is 11.9 Å². The largest absolute Gasteiger partial charge is 0.481 e. The predicted octanol–water partition coefficient (Wildman–Crippen LogP) is 1.78. The molecule has 2 saturated heterocycles. The molecule has 2 fully saturated rings. The zero-order valence-corrected chi connectivity index (χ0v) is 14.9. The number of hydrogen-bond donors (Lipinski definition) is 1. The lowest BCUT2D eigenvalue weighted by molar-refractivity contribution is -0.147. The molecule has 1 amide bonds. The number of aliphatic carboxylic acids is 1. The summed E-state index contributed by atoms with van der Waals surface area (Å²) in [4.78, 5) is 48.0. The molecule has 0 aromatic heterocycles. The number of carbonyl (C=O) groups is 4. The van der Waals surface area contributed by atoms with Crippen molar-refractivity contribution in [2.24, 2.45) is 11.8 Å². The maximum absolute atomic E-state index is 12.1. The van der Waals surface area contributed by atoms with E-state index in [1.807, 2.05) is 6.92 Å². The first kappa shape index (κ1) is 19.4. The number of esters is 1. The summed E-state index contributed by atoms with van der Waals surface area (Å²) in [7, 11) is 0. The van der Waals surface area contributed by atoms with Crippen LogP contribution in [0, 0.1) is 11.8 Å². The fraction of sp³-hybridized carbons (Fsp3) is 0.778. The summed E-state index contributed by atoms with van der Waals surface area (Å²) in [6.07, 6.45) is 3.32. The number of rotatable bonds is 9. The molecule has 0 radical (unpaired) electrons. The first-order chi connectivity index (χ1) is 11.8. The molecule has 0 aliphatic carbocycles. The first-order valence-electron chi connectivity index (χ1n) is 9.04. The molecule has 0 bridgehead atoms. The smallest absolute Gasteiger partial charge is 0.309 e. The maximum Gasteiger partial charge on any atom is 0.309 e. The van der Waals surface area contributed by atoms with Crippen LogP contribution in [-0.4, -0.2) is 52.3 Å². The Bertz CT molecular complexity index is 546. The monoisotopic (exact) mass is 353 g/mol. The van der Waals surface area contributed by atoms with Crippen LogP contribution in [0.3, 0.4) is 0 Å². The summed E-state index contributed by atoms with van der Waals surface area (Å²) < 4.78 is 5.40. The van der Waals surface area contributed by atoms with Gasteiger partial charge in [-0.2, -0.15) is 0 Å². The van der Waals surface area contributed by atoms with Crippen LogP contribution in [0.1, 0.15) is 58.8 Å². The number of ketones is 1. The van der Waals surface area contributed by atoms with E-state index in [0.717, 1.165) is 0 Å². The number of amides is 1. The van der Waals surface area contributed by atoms with Crippen LogP contribution in [0.4, 0.5) is 0 Å². The second kappa shape index (κ2) is 8.45. The highest BCUT2D eigenvalue weighted by molar-refractivity contribution is 5.83. The Morgan fingerprint density at radius 2 is 2.04 bits per heavy atom. The standard InChI is InChI=1S/C18H27NO6/c1-11(17(22)23)9-13(20)5-3-4-8-19-14(6-7-16(19)21)15-10-12(2)18(24)25-15/h11-12,14-15H,3-10H2,1-2H3,(H,22,23)/t11?,12-,14-,15-/m0/s1. The van der Waals surface area contributed by atoms with Crippen molar-refractivity contribution < 1.29 is 29.0 Å². The number of nitrogens with zero attached hydrogens (tertiary/aromatic N) is 1. The van der Waals surface area contributed by atoms with Crippen molar-refractivity contribution in [3.05, 3.63) is 0 Å². The van der Waals surface area contributed by atoms with E-state index in [4.69, 9.17) is 9.84 Å². The third-order valence-corrected chi connectivity index (χ3v) is 5.12. The molecule has 2 aliphatic heterocycles. The molecule has 0 saturated carbocycles. The van der Waals surface area contributed by atoms with Gasteiger partial charge >= 0.3 is 11.9 Å². The van der Waals surface area contributed by atoms with Gasteiger partial charge < -0.3 is 14.7 Å². The van der Waals surface area contributed by atoms with E-state index in [1.165, 1.54) is 6.92 Å². The second-order valence-electron chi connectivity index (χ2n) is 7.24. The van der Waals surface area contributed by atoms with E-state index >= 15 is 0 Å². The zero-order valence-electron chi connectivity index (χ0n) is 14.9. The van der Waals surface area contributed by atoms with Crippen molar-refractivity contribution in [1.29, 1.82) is 0 Å². The van der Waals surface area contributed by atoms with Gasteiger partial charge in [-0.1, -0.05) is 13.8 Å². The summed E-state index contributed by atoms with van der Waals surface area (Å²) in [5, 5.41) is 8.81. The molecular formula is C18H27NO6. The molecule has 140 valence electrons. The Balaban J connectivity index is 1.75. The summed E-state index contributed by atoms with van der Waals surface area (Å²) in [5.74, 6) is -1.90. The minimum atomic E-state index is -0.959. The number of unbranched alkanes of at least 4 members (excludes halogenated alkanes) is 1. The van der Waals surface area contributed by atoms with E-state index in [2.05, 4.69) is 0 Å². The summed E-state index contributed by atoms with van der Waals surface area (Å²) in [5.41, 5.74) is 0. The number of Topliss-reactive ketones (excluding diaryl/α,β-unsaturated/α-hetero) is 1. The second-order valence-corrected chi connectivity index (χ2v) is 7.24. The van der Waals surface area contributed by atoms with Crippen molar-refractivity contribution >= 4 is 23.6 Å². The van der Waals surface area contributed by atoms with Crippen LogP contribution in [0.2, 0.25) is 0 Å². The number of carboxylic acid groups (broad SMARTS) is 1. The van der Waals surface area contributed by atoms with Gasteiger partial charge in [0.25, 0.3) is 0 Å². The number of likely N-dealkylation sites (tertiary alicyclic amines) is 1. The van der Waals surface area contributed by atoms with Gasteiger partial charge in [-0.25, -0.2) is 0 Å². The highest BCUT2D eigenvalue weighted by Crippen LogP contribution is 2.31. The third-order valence-electron chi connectivity index (χ3n) is 5.12. The third kappa shape index (κ3) is 5.03. The molecule has 1 N–H and O–H groups in total. The van der Waals surface area contributed by atoms with Gasteiger partial charge in [0.2, 0.25) is 5.91 Å². The molecular weight excluding hydrogens is 326 g/mol. The van der Waals surface area contributed by atoms with Crippen molar-refractivity contribution in [1.82, 2.24) is 4.90 Å². The first-order valence-corrected chi connectivity index (χ1v) is 9.04. The molecule has 0 aromatic rings. The molecule has 4 atom stereocenters. The topological polar surface area (TPSA) is 101 Å². The number of ether oxygens (including phenoxy) is 1. The van der Waals surface area contributed by atoms with Crippen LogP contribution < -0.4 is 0 Å². The number of carbonyl (C=O) groups excluding carboxylic acids is 3. The Labute approximate surface area is 147 Å². The van der Waals surface area contributed by atoms with Crippen molar-refractivity contribution in [3.63, 3.8) is 0 Å². The number of hydrogen-bond acceptors (Lipinski definition) is 5. The summed E-state index contributed by atoms with van der Waals surface area (Å²) >= 11 is 0. The molecule has 2 rings (SSSR count). The predicted molar refractivity (Wildman–Crippen MR) is 88.7 cm³/mol. The van der Waals surface area contributed by atoms with E-state index in [0.29, 0.717) is 45.1 Å². The van der Waals surface area contributed by atoms with Gasteiger partial charge in [-0.3, -0.25) is 19.2 Å². The van der Waals surface area contributed by atoms with Gasteiger partial charge in [0, 0.05) is 25.8 Å². The zero-order chi connectivity index (χ0) is 18.6. The molecule has 2 heterocycles.